The van der Waals surface area contributed by atoms with Crippen molar-refractivity contribution in [2.24, 2.45) is 0 Å². The van der Waals surface area contributed by atoms with Gasteiger partial charge in [-0.05, 0) is 44.3 Å². The van der Waals surface area contributed by atoms with E-state index in [1.165, 1.54) is 44.1 Å². The number of amides is 1. The van der Waals surface area contributed by atoms with Gasteiger partial charge in [0.2, 0.25) is 0 Å². The molecule has 0 spiro atoms. The third kappa shape index (κ3) is 4.61. The molecule has 1 N–H and O–H groups in total. The first-order valence-electron chi connectivity index (χ1n) is 10.8. The lowest BCUT2D eigenvalue weighted by atomic mass is 9.96. The number of nitrogens with zero attached hydrogens (tertiary/aromatic N) is 4. The molecule has 1 aromatic heterocycles. The topological polar surface area (TPSA) is 63.1 Å². The van der Waals surface area contributed by atoms with E-state index in [1.807, 2.05) is 16.9 Å². The summed E-state index contributed by atoms with van der Waals surface area (Å²) in [5, 5.41) is 11.5. The quantitative estimate of drug-likeness (QED) is 0.828. The molecule has 1 unspecified atom stereocenters. The Hall–Kier alpha value is -2.21. The molecule has 1 aliphatic heterocycles. The minimum atomic E-state index is -0.125. The highest BCUT2D eigenvalue weighted by molar-refractivity contribution is 5.91. The lowest BCUT2D eigenvalue weighted by Crippen LogP contribution is -2.40. The number of hydrogen-bond acceptors (Lipinski definition) is 4. The third-order valence-electron chi connectivity index (χ3n) is 6.16. The first-order valence-corrected chi connectivity index (χ1v) is 10.8. The van der Waals surface area contributed by atoms with E-state index in [-0.39, 0.29) is 11.9 Å². The lowest BCUT2D eigenvalue weighted by molar-refractivity contribution is 0.0919. The van der Waals surface area contributed by atoms with E-state index < -0.39 is 0 Å². The summed E-state index contributed by atoms with van der Waals surface area (Å²) >= 11 is 0. The predicted octanol–water partition coefficient (Wildman–Crippen LogP) is 3.74. The molecule has 2 fully saturated rings. The third-order valence-corrected chi connectivity index (χ3v) is 6.16. The van der Waals surface area contributed by atoms with Gasteiger partial charge in [-0.15, -0.1) is 5.10 Å². The van der Waals surface area contributed by atoms with Crippen LogP contribution in [0.5, 0.6) is 0 Å². The molecule has 1 atom stereocenters. The van der Waals surface area contributed by atoms with Crippen molar-refractivity contribution in [2.75, 3.05) is 19.6 Å². The van der Waals surface area contributed by atoms with Crippen LogP contribution in [0.1, 0.15) is 79.5 Å². The average molecular weight is 382 g/mol. The first kappa shape index (κ1) is 19.1. The summed E-state index contributed by atoms with van der Waals surface area (Å²) in [6, 6.07) is 11.1. The molecule has 6 nitrogen and oxygen atoms in total. The number of rotatable bonds is 6. The van der Waals surface area contributed by atoms with Crippen LogP contribution in [0.3, 0.4) is 0 Å². The predicted molar refractivity (Wildman–Crippen MR) is 109 cm³/mol. The summed E-state index contributed by atoms with van der Waals surface area (Å²) in [5.41, 5.74) is 1.69. The Bertz CT molecular complexity index is 747. The smallest absolute Gasteiger partial charge is 0.273 e. The average Bonchev–Trinajstić information content (AvgIpc) is 3.26. The molecule has 2 heterocycles. The van der Waals surface area contributed by atoms with Gasteiger partial charge >= 0.3 is 0 Å². The zero-order valence-corrected chi connectivity index (χ0v) is 16.6. The second kappa shape index (κ2) is 9.32. The summed E-state index contributed by atoms with van der Waals surface area (Å²) < 4.78 is 1.90. The number of likely N-dealkylation sites (tertiary alicyclic amines) is 1. The standard InChI is InChI=1S/C22H31N5O/c28-22(20-17-27(25-24-20)19-12-6-2-7-13-19)23-16-21(18-10-4-1-5-11-18)26-14-8-3-9-15-26/h1,4-5,10-11,17,19,21H,2-3,6-9,12-16H2,(H,23,28). The minimum absolute atomic E-state index is 0.125. The van der Waals surface area contributed by atoms with Gasteiger partial charge in [-0.25, -0.2) is 4.68 Å². The number of carbonyl (C=O) groups excluding carboxylic acids is 1. The van der Waals surface area contributed by atoms with E-state index in [0.717, 1.165) is 25.9 Å². The van der Waals surface area contributed by atoms with Gasteiger partial charge in [-0.3, -0.25) is 9.69 Å². The molecule has 1 aliphatic carbocycles. The zero-order valence-electron chi connectivity index (χ0n) is 16.6. The van der Waals surface area contributed by atoms with Crippen molar-refractivity contribution >= 4 is 5.91 Å². The number of aromatic nitrogens is 3. The fourth-order valence-corrected chi connectivity index (χ4v) is 4.55. The van der Waals surface area contributed by atoms with Crippen molar-refractivity contribution in [3.8, 4) is 0 Å². The Balaban J connectivity index is 1.40. The van der Waals surface area contributed by atoms with Crippen molar-refractivity contribution in [3.05, 3.63) is 47.8 Å². The van der Waals surface area contributed by atoms with Crippen molar-refractivity contribution in [1.29, 1.82) is 0 Å². The molecule has 150 valence electrons. The molecule has 2 aliphatic rings. The van der Waals surface area contributed by atoms with Gasteiger partial charge in [-0.1, -0.05) is 61.2 Å². The van der Waals surface area contributed by atoms with Gasteiger partial charge < -0.3 is 5.32 Å². The molecule has 2 aromatic rings. The van der Waals surface area contributed by atoms with Crippen LogP contribution in [-0.2, 0) is 0 Å². The summed E-state index contributed by atoms with van der Waals surface area (Å²) in [7, 11) is 0. The number of benzene rings is 1. The molecule has 28 heavy (non-hydrogen) atoms. The van der Waals surface area contributed by atoms with Gasteiger partial charge in [-0.2, -0.15) is 0 Å². The van der Waals surface area contributed by atoms with Crippen LogP contribution in [0, 0.1) is 0 Å². The maximum Gasteiger partial charge on any atom is 0.273 e. The van der Waals surface area contributed by atoms with Gasteiger partial charge in [0.25, 0.3) is 5.91 Å². The number of piperidine rings is 1. The highest BCUT2D eigenvalue weighted by Crippen LogP contribution is 2.27. The van der Waals surface area contributed by atoms with E-state index in [0.29, 0.717) is 18.3 Å². The molecular weight excluding hydrogens is 350 g/mol. The highest BCUT2D eigenvalue weighted by Gasteiger charge is 2.24. The van der Waals surface area contributed by atoms with E-state index in [1.54, 1.807) is 0 Å². The van der Waals surface area contributed by atoms with Crippen LogP contribution in [-0.4, -0.2) is 45.4 Å². The SMILES string of the molecule is O=C(NCC(c1ccccc1)N1CCCCC1)c1cn(C2CCCCC2)nn1. The van der Waals surface area contributed by atoms with E-state index in [2.05, 4.69) is 44.8 Å². The Kier molecular flexibility index (Phi) is 6.37. The Morgan fingerprint density at radius 1 is 1.04 bits per heavy atom. The number of hydrogen-bond donors (Lipinski definition) is 1. The minimum Gasteiger partial charge on any atom is -0.349 e. The summed E-state index contributed by atoms with van der Waals surface area (Å²) in [5.74, 6) is -0.125. The van der Waals surface area contributed by atoms with Crippen LogP contribution in [0.25, 0.3) is 0 Å². The Labute approximate surface area is 167 Å². The van der Waals surface area contributed by atoms with Crippen LogP contribution in [0.4, 0.5) is 0 Å². The zero-order chi connectivity index (χ0) is 19.2. The van der Waals surface area contributed by atoms with Gasteiger partial charge in [0.15, 0.2) is 5.69 Å². The Morgan fingerprint density at radius 2 is 1.75 bits per heavy atom. The monoisotopic (exact) mass is 381 g/mol. The van der Waals surface area contributed by atoms with E-state index >= 15 is 0 Å². The molecule has 6 heteroatoms. The molecule has 1 aromatic carbocycles. The fraction of sp³-hybridized carbons (Fsp3) is 0.591. The fourth-order valence-electron chi connectivity index (χ4n) is 4.55. The normalized spacial score (nSPS) is 20.0. The molecule has 1 amide bonds. The summed E-state index contributed by atoms with van der Waals surface area (Å²) in [6.07, 6.45) is 11.6. The van der Waals surface area contributed by atoms with Crippen molar-refractivity contribution in [1.82, 2.24) is 25.2 Å². The van der Waals surface area contributed by atoms with Crippen LogP contribution in [0.15, 0.2) is 36.5 Å². The second-order valence-electron chi connectivity index (χ2n) is 8.11. The summed E-state index contributed by atoms with van der Waals surface area (Å²) in [4.78, 5) is 15.2. The van der Waals surface area contributed by atoms with Crippen molar-refractivity contribution in [2.45, 2.75) is 63.5 Å². The lowest BCUT2D eigenvalue weighted by Gasteiger charge is -2.35. The Morgan fingerprint density at radius 3 is 2.50 bits per heavy atom. The first-order chi connectivity index (χ1) is 13.8. The van der Waals surface area contributed by atoms with E-state index in [9.17, 15) is 4.79 Å². The maximum atomic E-state index is 12.7. The number of nitrogens with one attached hydrogen (secondary N) is 1. The van der Waals surface area contributed by atoms with Crippen LogP contribution in [0.2, 0.25) is 0 Å². The van der Waals surface area contributed by atoms with Crippen LogP contribution >= 0.6 is 0 Å². The molecular formula is C22H31N5O. The second-order valence-corrected chi connectivity index (χ2v) is 8.11. The largest absolute Gasteiger partial charge is 0.349 e. The number of carbonyl (C=O) groups is 1. The highest BCUT2D eigenvalue weighted by atomic mass is 16.2. The maximum absolute atomic E-state index is 12.7. The van der Waals surface area contributed by atoms with E-state index in [4.69, 9.17) is 0 Å². The van der Waals surface area contributed by atoms with Gasteiger partial charge in [0, 0.05) is 6.54 Å². The molecule has 4 rings (SSSR count). The molecule has 1 saturated heterocycles. The van der Waals surface area contributed by atoms with Crippen molar-refractivity contribution in [3.63, 3.8) is 0 Å². The van der Waals surface area contributed by atoms with Crippen molar-refractivity contribution < 1.29 is 4.79 Å². The molecule has 0 bridgehead atoms. The van der Waals surface area contributed by atoms with Gasteiger partial charge in [0.1, 0.15) is 0 Å². The molecule has 0 radical (unpaired) electrons. The van der Waals surface area contributed by atoms with Gasteiger partial charge in [0.05, 0.1) is 18.3 Å². The van der Waals surface area contributed by atoms with Crippen LogP contribution < -0.4 is 5.32 Å². The molecule has 1 saturated carbocycles. The summed E-state index contributed by atoms with van der Waals surface area (Å²) in [6.45, 7) is 2.78.